The predicted octanol–water partition coefficient (Wildman–Crippen LogP) is 2.08. The van der Waals surface area contributed by atoms with Crippen LogP contribution in [-0.4, -0.2) is 47.3 Å². The maximum atomic E-state index is 5.61. The summed E-state index contributed by atoms with van der Waals surface area (Å²) in [7, 11) is 0. The Labute approximate surface area is 130 Å². The Morgan fingerprint density at radius 2 is 1.23 bits per heavy atom. The first-order valence-corrected chi connectivity index (χ1v) is 7.80. The van der Waals surface area contributed by atoms with E-state index in [9.17, 15) is 0 Å². The molecule has 3 heterocycles. The fraction of sp³-hybridized carbons (Fsp3) is 0.625. The summed E-state index contributed by atoms with van der Waals surface area (Å²) in [5.41, 5.74) is 1.32. The van der Waals surface area contributed by atoms with Gasteiger partial charge in [-0.25, -0.2) is 9.98 Å². The minimum atomic E-state index is 0.200. The van der Waals surface area contributed by atoms with Gasteiger partial charge in [-0.1, -0.05) is 27.7 Å². The molecule has 0 saturated carbocycles. The highest BCUT2D eigenvalue weighted by atomic mass is 16.5. The van der Waals surface area contributed by atoms with Crippen molar-refractivity contribution in [2.24, 2.45) is 21.8 Å². The summed E-state index contributed by atoms with van der Waals surface area (Å²) >= 11 is 0. The van der Waals surface area contributed by atoms with E-state index in [4.69, 9.17) is 9.47 Å². The zero-order chi connectivity index (χ0) is 15.7. The SMILES string of the molecule is CC(C)[C@@H]1COC(c2ccc(C3=N[C@H](C(C)C)CO3)nn2)=N1. The molecule has 0 radical (unpaired) electrons. The molecule has 0 bridgehead atoms. The highest BCUT2D eigenvalue weighted by Gasteiger charge is 2.26. The molecule has 2 aliphatic rings. The second-order valence-corrected chi connectivity index (χ2v) is 6.42. The highest BCUT2D eigenvalue weighted by molar-refractivity contribution is 5.95. The predicted molar refractivity (Wildman–Crippen MR) is 84.3 cm³/mol. The molecule has 118 valence electrons. The molecule has 22 heavy (non-hydrogen) atoms. The third kappa shape index (κ3) is 2.96. The first-order chi connectivity index (χ1) is 10.5. The molecule has 2 atom stereocenters. The molecule has 3 rings (SSSR count). The average Bonchev–Trinajstić information content (AvgIpc) is 3.17. The zero-order valence-corrected chi connectivity index (χ0v) is 13.5. The number of ether oxygens (including phenoxy) is 2. The van der Waals surface area contributed by atoms with Crippen LogP contribution in [0.2, 0.25) is 0 Å². The normalized spacial score (nSPS) is 24.3. The molecule has 1 aromatic rings. The van der Waals surface area contributed by atoms with Gasteiger partial charge in [0.2, 0.25) is 11.8 Å². The lowest BCUT2D eigenvalue weighted by Gasteiger charge is -2.06. The van der Waals surface area contributed by atoms with Crippen LogP contribution in [0.5, 0.6) is 0 Å². The Balaban J connectivity index is 1.74. The summed E-state index contributed by atoms with van der Waals surface area (Å²) in [6, 6.07) is 4.12. The molecule has 0 amide bonds. The number of aliphatic imine (C=N–C) groups is 2. The minimum Gasteiger partial charge on any atom is -0.474 e. The van der Waals surface area contributed by atoms with Crippen LogP contribution in [0.3, 0.4) is 0 Å². The standard InChI is InChI=1S/C16H22N4O2/c1-9(2)13-7-21-15(17-13)11-5-6-12(20-19-11)16-18-14(8-22-16)10(3)4/h5-6,9-10,13-14H,7-8H2,1-4H3/t13-,14-/m0/s1. The Morgan fingerprint density at radius 3 is 1.50 bits per heavy atom. The van der Waals surface area contributed by atoms with Gasteiger partial charge in [-0.2, -0.15) is 0 Å². The first-order valence-electron chi connectivity index (χ1n) is 7.80. The summed E-state index contributed by atoms with van der Waals surface area (Å²) in [5, 5.41) is 8.40. The fourth-order valence-corrected chi connectivity index (χ4v) is 2.30. The van der Waals surface area contributed by atoms with Crippen LogP contribution < -0.4 is 0 Å². The first kappa shape index (κ1) is 14.9. The zero-order valence-electron chi connectivity index (χ0n) is 13.5. The highest BCUT2D eigenvalue weighted by Crippen LogP contribution is 2.18. The van der Waals surface area contributed by atoms with E-state index in [0.29, 0.717) is 48.2 Å². The second kappa shape index (κ2) is 6.02. The number of nitrogens with zero attached hydrogens (tertiary/aromatic N) is 4. The van der Waals surface area contributed by atoms with Crippen LogP contribution in [0.25, 0.3) is 0 Å². The van der Waals surface area contributed by atoms with Crippen molar-refractivity contribution in [3.05, 3.63) is 23.5 Å². The number of hydrogen-bond acceptors (Lipinski definition) is 6. The number of hydrogen-bond donors (Lipinski definition) is 0. The van der Waals surface area contributed by atoms with Crippen molar-refractivity contribution in [2.75, 3.05) is 13.2 Å². The van der Waals surface area contributed by atoms with Crippen molar-refractivity contribution in [3.8, 4) is 0 Å². The molecule has 0 fully saturated rings. The van der Waals surface area contributed by atoms with E-state index in [1.165, 1.54) is 0 Å². The van der Waals surface area contributed by atoms with E-state index in [2.05, 4.69) is 47.9 Å². The smallest absolute Gasteiger partial charge is 0.237 e. The third-order valence-corrected chi connectivity index (χ3v) is 3.99. The molecule has 0 N–H and O–H groups in total. The molecule has 1 aromatic heterocycles. The molecule has 6 nitrogen and oxygen atoms in total. The van der Waals surface area contributed by atoms with E-state index >= 15 is 0 Å². The summed E-state index contributed by atoms with van der Waals surface area (Å²) in [5.74, 6) is 2.07. The van der Waals surface area contributed by atoms with Crippen LogP contribution >= 0.6 is 0 Å². The molecule has 6 heteroatoms. The van der Waals surface area contributed by atoms with Crippen molar-refractivity contribution < 1.29 is 9.47 Å². The summed E-state index contributed by atoms with van der Waals surface area (Å²) in [6.07, 6.45) is 0. The van der Waals surface area contributed by atoms with Crippen LogP contribution in [0, 0.1) is 11.8 Å². The van der Waals surface area contributed by atoms with Crippen molar-refractivity contribution in [2.45, 2.75) is 39.8 Å². The van der Waals surface area contributed by atoms with E-state index < -0.39 is 0 Å². The van der Waals surface area contributed by atoms with Crippen molar-refractivity contribution in [3.63, 3.8) is 0 Å². The Kier molecular flexibility index (Phi) is 4.09. The van der Waals surface area contributed by atoms with Gasteiger partial charge < -0.3 is 9.47 Å². The maximum Gasteiger partial charge on any atom is 0.237 e. The van der Waals surface area contributed by atoms with Gasteiger partial charge in [-0.15, -0.1) is 10.2 Å². The summed E-state index contributed by atoms with van der Waals surface area (Å²) in [6.45, 7) is 9.77. The molecular weight excluding hydrogens is 280 g/mol. The van der Waals surface area contributed by atoms with Crippen molar-refractivity contribution in [1.29, 1.82) is 0 Å². The second-order valence-electron chi connectivity index (χ2n) is 6.42. The van der Waals surface area contributed by atoms with E-state index in [1.807, 2.05) is 12.1 Å². The van der Waals surface area contributed by atoms with E-state index in [0.717, 1.165) is 0 Å². The summed E-state index contributed by atoms with van der Waals surface area (Å²) in [4.78, 5) is 9.10. The van der Waals surface area contributed by atoms with E-state index in [1.54, 1.807) is 0 Å². The largest absolute Gasteiger partial charge is 0.474 e. The van der Waals surface area contributed by atoms with Gasteiger partial charge in [0.05, 0.1) is 12.1 Å². The molecule has 0 saturated heterocycles. The van der Waals surface area contributed by atoms with Gasteiger partial charge in [0.15, 0.2) is 0 Å². The molecular formula is C16H22N4O2. The Hall–Kier alpha value is -1.98. The topological polar surface area (TPSA) is 69.0 Å². The lowest BCUT2D eigenvalue weighted by molar-refractivity contribution is 0.290. The molecule has 2 aliphatic heterocycles. The summed E-state index contributed by atoms with van der Waals surface area (Å²) < 4.78 is 11.2. The molecule has 0 unspecified atom stereocenters. The molecule has 0 aromatic carbocycles. The van der Waals surface area contributed by atoms with Gasteiger partial charge in [-0.05, 0) is 24.0 Å². The van der Waals surface area contributed by atoms with Crippen LogP contribution in [-0.2, 0) is 9.47 Å². The number of aromatic nitrogens is 2. The van der Waals surface area contributed by atoms with Crippen LogP contribution in [0.1, 0.15) is 39.1 Å². The lowest BCUT2D eigenvalue weighted by Crippen LogP contribution is -2.13. The van der Waals surface area contributed by atoms with Crippen molar-refractivity contribution >= 4 is 11.8 Å². The van der Waals surface area contributed by atoms with Gasteiger partial charge in [0.25, 0.3) is 0 Å². The van der Waals surface area contributed by atoms with Gasteiger partial charge in [-0.3, -0.25) is 0 Å². The number of rotatable bonds is 4. The van der Waals surface area contributed by atoms with Crippen LogP contribution in [0.15, 0.2) is 22.1 Å². The van der Waals surface area contributed by atoms with Crippen LogP contribution in [0.4, 0.5) is 0 Å². The Morgan fingerprint density at radius 1 is 0.818 bits per heavy atom. The quantitative estimate of drug-likeness (QED) is 0.854. The maximum absolute atomic E-state index is 5.61. The minimum absolute atomic E-state index is 0.200. The lowest BCUT2D eigenvalue weighted by atomic mass is 10.1. The van der Waals surface area contributed by atoms with E-state index in [-0.39, 0.29) is 12.1 Å². The third-order valence-electron chi connectivity index (χ3n) is 3.99. The van der Waals surface area contributed by atoms with Gasteiger partial charge in [0.1, 0.15) is 24.6 Å². The fourth-order valence-electron chi connectivity index (χ4n) is 2.30. The Bertz CT molecular complexity index is 540. The average molecular weight is 302 g/mol. The molecule has 0 spiro atoms. The van der Waals surface area contributed by atoms with Crippen molar-refractivity contribution in [1.82, 2.24) is 10.2 Å². The molecule has 0 aliphatic carbocycles. The van der Waals surface area contributed by atoms with Gasteiger partial charge >= 0.3 is 0 Å². The van der Waals surface area contributed by atoms with Gasteiger partial charge in [0, 0.05) is 0 Å². The monoisotopic (exact) mass is 302 g/mol.